The van der Waals surface area contributed by atoms with Crippen LogP contribution in [0.15, 0.2) is 28.4 Å². The zero-order valence-electron chi connectivity index (χ0n) is 9.04. The first-order valence-corrected chi connectivity index (χ1v) is 5.20. The summed E-state index contributed by atoms with van der Waals surface area (Å²) in [7, 11) is 0. The lowest BCUT2D eigenvalue weighted by Crippen LogP contribution is -2.29. The summed E-state index contributed by atoms with van der Waals surface area (Å²) in [4.78, 5) is 30.2. The molecule has 1 fully saturated rings. The van der Waals surface area contributed by atoms with Crippen LogP contribution in [-0.2, 0) is 4.79 Å². The van der Waals surface area contributed by atoms with Crippen molar-refractivity contribution in [2.24, 2.45) is 11.0 Å². The summed E-state index contributed by atoms with van der Waals surface area (Å²) in [6, 6.07) is 1.38. The van der Waals surface area contributed by atoms with Crippen molar-refractivity contribution in [1.82, 2.24) is 4.98 Å². The Bertz CT molecular complexity index is 531. The zero-order chi connectivity index (χ0) is 12.3. The summed E-state index contributed by atoms with van der Waals surface area (Å²) in [5.74, 6) is -0.127. The topological polar surface area (TPSA) is 102 Å². The number of hydrogen-bond donors (Lipinski definition) is 1. The Hall–Kier alpha value is -2.27. The van der Waals surface area contributed by atoms with Gasteiger partial charge in [0.25, 0.3) is 0 Å². The highest BCUT2D eigenvalue weighted by atomic mass is 16.2. The molecule has 0 aliphatic carbocycles. The number of azide groups is 1. The van der Waals surface area contributed by atoms with E-state index in [4.69, 9.17) is 5.53 Å². The molecule has 17 heavy (non-hydrogen) atoms. The number of nitrogens with one attached hydrogen (secondary N) is 1. The van der Waals surface area contributed by atoms with Gasteiger partial charge in [-0.1, -0.05) is 5.11 Å². The van der Waals surface area contributed by atoms with Crippen molar-refractivity contribution in [3.8, 4) is 0 Å². The minimum absolute atomic E-state index is 0.0157. The number of nitrogens with zero attached hydrogens (tertiary/aromatic N) is 4. The Morgan fingerprint density at radius 1 is 1.59 bits per heavy atom. The van der Waals surface area contributed by atoms with Crippen LogP contribution in [0.2, 0.25) is 0 Å². The number of anilines is 1. The second-order valence-electron chi connectivity index (χ2n) is 3.88. The number of aromatic nitrogens is 1. The number of carbonyl (C=O) groups is 1. The monoisotopic (exact) mass is 233 g/mol. The normalized spacial score (nSPS) is 19.2. The Morgan fingerprint density at radius 3 is 3.12 bits per heavy atom. The van der Waals surface area contributed by atoms with Crippen LogP contribution < -0.4 is 10.3 Å². The van der Waals surface area contributed by atoms with Crippen LogP contribution in [0.3, 0.4) is 0 Å². The van der Waals surface area contributed by atoms with Crippen LogP contribution in [0, 0.1) is 5.92 Å². The maximum atomic E-state index is 11.7. The highest BCUT2D eigenvalue weighted by Gasteiger charge is 2.31. The zero-order valence-corrected chi connectivity index (χ0v) is 9.04. The highest BCUT2D eigenvalue weighted by molar-refractivity contribution is 5.95. The molecule has 0 saturated carbocycles. The first-order chi connectivity index (χ1) is 8.22. The minimum atomic E-state index is -0.193. The lowest BCUT2D eigenvalue weighted by Gasteiger charge is -2.14. The van der Waals surface area contributed by atoms with Crippen molar-refractivity contribution < 1.29 is 4.79 Å². The maximum absolute atomic E-state index is 11.7. The molecule has 1 N–H and O–H groups in total. The third kappa shape index (κ3) is 2.29. The summed E-state index contributed by atoms with van der Waals surface area (Å²) in [5, 5.41) is 3.45. The van der Waals surface area contributed by atoms with Crippen molar-refractivity contribution >= 4 is 11.6 Å². The molecule has 0 radical (unpaired) electrons. The van der Waals surface area contributed by atoms with Gasteiger partial charge in [0.1, 0.15) is 5.69 Å². The van der Waals surface area contributed by atoms with E-state index in [1.165, 1.54) is 23.4 Å². The lowest BCUT2D eigenvalue weighted by molar-refractivity contribution is -0.117. The van der Waals surface area contributed by atoms with Crippen molar-refractivity contribution in [2.75, 3.05) is 18.0 Å². The average molecular weight is 233 g/mol. The molecular weight excluding hydrogens is 222 g/mol. The van der Waals surface area contributed by atoms with Gasteiger partial charge in [-0.2, -0.15) is 0 Å². The van der Waals surface area contributed by atoms with Crippen LogP contribution in [0.5, 0.6) is 0 Å². The third-order valence-corrected chi connectivity index (χ3v) is 2.70. The van der Waals surface area contributed by atoms with Gasteiger partial charge in [-0.3, -0.25) is 9.59 Å². The average Bonchev–Trinajstić information content (AvgIpc) is 2.68. The van der Waals surface area contributed by atoms with Crippen LogP contribution >= 0.6 is 0 Å². The van der Waals surface area contributed by atoms with Gasteiger partial charge in [0.15, 0.2) is 0 Å². The number of pyridine rings is 1. The van der Waals surface area contributed by atoms with Gasteiger partial charge >= 0.3 is 0 Å². The van der Waals surface area contributed by atoms with Gasteiger partial charge in [-0.05, 0) is 11.4 Å². The molecule has 7 heteroatoms. The molecule has 88 valence electrons. The molecule has 7 nitrogen and oxygen atoms in total. The fourth-order valence-electron chi connectivity index (χ4n) is 1.91. The smallest absolute Gasteiger partial charge is 0.227 e. The molecule has 1 aliphatic heterocycles. The molecule has 1 aliphatic rings. The Balaban J connectivity index is 2.19. The largest absolute Gasteiger partial charge is 0.366 e. The van der Waals surface area contributed by atoms with E-state index < -0.39 is 0 Å². The van der Waals surface area contributed by atoms with E-state index in [0.717, 1.165) is 0 Å². The fraction of sp³-hybridized carbons (Fsp3) is 0.400. The predicted molar refractivity (Wildman–Crippen MR) is 61.5 cm³/mol. The predicted octanol–water partition coefficient (Wildman–Crippen LogP) is 1.04. The van der Waals surface area contributed by atoms with E-state index in [-0.39, 0.29) is 23.8 Å². The number of amides is 1. The van der Waals surface area contributed by atoms with Crippen molar-refractivity contribution in [3.63, 3.8) is 0 Å². The molecule has 0 spiro atoms. The number of hydrogen-bond acceptors (Lipinski definition) is 3. The van der Waals surface area contributed by atoms with Crippen LogP contribution in [0.1, 0.15) is 6.42 Å². The summed E-state index contributed by atoms with van der Waals surface area (Å²) < 4.78 is 0. The van der Waals surface area contributed by atoms with Crippen molar-refractivity contribution in [2.45, 2.75) is 6.42 Å². The number of carbonyl (C=O) groups excluding carboxylic acids is 1. The molecule has 0 aromatic carbocycles. The molecule has 0 bridgehead atoms. The van der Waals surface area contributed by atoms with E-state index >= 15 is 0 Å². The van der Waals surface area contributed by atoms with Crippen molar-refractivity contribution in [1.29, 1.82) is 0 Å². The van der Waals surface area contributed by atoms with Gasteiger partial charge in [0.05, 0.1) is 0 Å². The summed E-state index contributed by atoms with van der Waals surface area (Å²) in [6.07, 6.45) is 3.34. The minimum Gasteiger partial charge on any atom is -0.366 e. The molecular formula is C10H11N5O2. The van der Waals surface area contributed by atoms with E-state index in [1.807, 2.05) is 0 Å². The number of rotatable bonds is 3. The van der Waals surface area contributed by atoms with Gasteiger partial charge in [-0.15, -0.1) is 0 Å². The molecule has 1 amide bonds. The summed E-state index contributed by atoms with van der Waals surface area (Å²) in [6.45, 7) is 0.703. The van der Waals surface area contributed by atoms with Crippen molar-refractivity contribution in [3.05, 3.63) is 39.1 Å². The first-order valence-electron chi connectivity index (χ1n) is 5.20. The van der Waals surface area contributed by atoms with Crippen LogP contribution in [0.4, 0.5) is 5.69 Å². The highest BCUT2D eigenvalue weighted by Crippen LogP contribution is 2.22. The number of H-pyrrole nitrogens is 1. The first kappa shape index (κ1) is 11.2. The third-order valence-electron chi connectivity index (χ3n) is 2.70. The van der Waals surface area contributed by atoms with Gasteiger partial charge < -0.3 is 9.88 Å². The van der Waals surface area contributed by atoms with Crippen LogP contribution in [0.25, 0.3) is 10.4 Å². The van der Waals surface area contributed by atoms with Gasteiger partial charge in [0, 0.05) is 42.9 Å². The molecule has 1 atom stereocenters. The second kappa shape index (κ2) is 4.71. The van der Waals surface area contributed by atoms with E-state index in [1.54, 1.807) is 0 Å². The van der Waals surface area contributed by atoms with E-state index in [0.29, 0.717) is 18.7 Å². The van der Waals surface area contributed by atoms with Gasteiger partial charge in [0.2, 0.25) is 11.3 Å². The quantitative estimate of drug-likeness (QED) is 0.479. The second-order valence-corrected chi connectivity index (χ2v) is 3.88. The molecule has 2 heterocycles. The fourth-order valence-corrected chi connectivity index (χ4v) is 1.91. The lowest BCUT2D eigenvalue weighted by atomic mass is 10.1. The standard InChI is InChI=1S/C10H11N5O2/c11-14-13-4-7-3-10(17)15(6-7)8-5-12-2-1-9(8)16/h1-2,5,7H,3-4,6H2,(H,12,16). The molecule has 1 unspecified atom stereocenters. The maximum Gasteiger partial charge on any atom is 0.227 e. The molecule has 1 saturated heterocycles. The van der Waals surface area contributed by atoms with E-state index in [9.17, 15) is 9.59 Å². The summed E-state index contributed by atoms with van der Waals surface area (Å²) in [5.41, 5.74) is 8.38. The molecule has 1 aromatic rings. The van der Waals surface area contributed by atoms with Gasteiger partial charge in [-0.25, -0.2) is 0 Å². The van der Waals surface area contributed by atoms with Crippen LogP contribution in [-0.4, -0.2) is 24.0 Å². The summed E-state index contributed by atoms with van der Waals surface area (Å²) >= 11 is 0. The molecule has 1 aromatic heterocycles. The Kier molecular flexibility index (Phi) is 3.11. The number of aromatic amines is 1. The molecule has 2 rings (SSSR count). The Labute approximate surface area is 96.7 Å². The Morgan fingerprint density at radius 2 is 2.41 bits per heavy atom. The van der Waals surface area contributed by atoms with E-state index in [2.05, 4.69) is 15.0 Å². The SMILES string of the molecule is [N-]=[N+]=NCC1CC(=O)N(c2c[nH]ccc2=O)C1.